The number of rotatable bonds is 5. The lowest BCUT2D eigenvalue weighted by atomic mass is 9.99. The minimum atomic E-state index is 0.450. The molecule has 0 spiro atoms. The summed E-state index contributed by atoms with van der Waals surface area (Å²) in [7, 11) is 1.69. The zero-order chi connectivity index (χ0) is 15.9. The van der Waals surface area contributed by atoms with E-state index in [0.29, 0.717) is 6.04 Å². The minimum absolute atomic E-state index is 0.450. The lowest BCUT2D eigenvalue weighted by molar-refractivity contribution is 0.163. The number of piperidine rings is 1. The SMILES string of the molecule is COc1ccc(/C=C/CN2CCCC[C@H]2c2ccccn2)cc1. The van der Waals surface area contributed by atoms with Gasteiger partial charge in [-0.1, -0.05) is 36.8 Å². The van der Waals surface area contributed by atoms with E-state index in [1.54, 1.807) is 7.11 Å². The first-order valence-corrected chi connectivity index (χ1v) is 8.32. The predicted octanol–water partition coefficient (Wildman–Crippen LogP) is 4.33. The molecule has 1 aliphatic rings. The van der Waals surface area contributed by atoms with Crippen molar-refractivity contribution in [2.45, 2.75) is 25.3 Å². The van der Waals surface area contributed by atoms with Gasteiger partial charge in [0, 0.05) is 12.7 Å². The maximum Gasteiger partial charge on any atom is 0.118 e. The average Bonchev–Trinajstić information content (AvgIpc) is 2.63. The van der Waals surface area contributed by atoms with Gasteiger partial charge in [-0.15, -0.1) is 0 Å². The van der Waals surface area contributed by atoms with Crippen LogP contribution in [0.3, 0.4) is 0 Å². The van der Waals surface area contributed by atoms with Crippen LogP contribution in [0.15, 0.2) is 54.7 Å². The molecule has 23 heavy (non-hydrogen) atoms. The van der Waals surface area contributed by atoms with Gasteiger partial charge < -0.3 is 4.74 Å². The second-order valence-electron chi connectivity index (χ2n) is 5.94. The van der Waals surface area contributed by atoms with Crippen LogP contribution in [-0.2, 0) is 0 Å². The van der Waals surface area contributed by atoms with E-state index in [1.807, 2.05) is 24.4 Å². The molecule has 0 bridgehead atoms. The Bertz CT molecular complexity index is 622. The lowest BCUT2D eigenvalue weighted by Crippen LogP contribution is -2.33. The monoisotopic (exact) mass is 308 g/mol. The van der Waals surface area contributed by atoms with Gasteiger partial charge in [-0.25, -0.2) is 0 Å². The first-order valence-electron chi connectivity index (χ1n) is 8.32. The molecular weight excluding hydrogens is 284 g/mol. The standard InChI is InChI=1S/C20H24N2O/c1-23-18-12-10-17(11-13-18)7-6-16-22-15-5-3-9-20(22)19-8-2-4-14-21-19/h2,4,6-8,10-14,20H,3,5,9,15-16H2,1H3/b7-6+/t20-/m0/s1. The third-order valence-corrected chi connectivity index (χ3v) is 4.41. The van der Waals surface area contributed by atoms with Crippen molar-refractivity contribution in [2.24, 2.45) is 0 Å². The lowest BCUT2D eigenvalue weighted by Gasteiger charge is -2.34. The highest BCUT2D eigenvalue weighted by Gasteiger charge is 2.23. The quantitative estimate of drug-likeness (QED) is 0.822. The Hall–Kier alpha value is -2.13. The van der Waals surface area contributed by atoms with Crippen molar-refractivity contribution in [3.05, 3.63) is 66.0 Å². The minimum Gasteiger partial charge on any atom is -0.497 e. The molecule has 0 amide bonds. The van der Waals surface area contributed by atoms with Crippen LogP contribution in [0.4, 0.5) is 0 Å². The van der Waals surface area contributed by atoms with Gasteiger partial charge >= 0.3 is 0 Å². The van der Waals surface area contributed by atoms with Gasteiger partial charge in [0.25, 0.3) is 0 Å². The number of benzene rings is 1. The molecule has 3 nitrogen and oxygen atoms in total. The van der Waals surface area contributed by atoms with Gasteiger partial charge in [-0.3, -0.25) is 9.88 Å². The van der Waals surface area contributed by atoms with Crippen LogP contribution in [0.25, 0.3) is 6.08 Å². The fourth-order valence-corrected chi connectivity index (χ4v) is 3.16. The molecule has 0 N–H and O–H groups in total. The van der Waals surface area contributed by atoms with Gasteiger partial charge in [0.2, 0.25) is 0 Å². The van der Waals surface area contributed by atoms with Crippen LogP contribution < -0.4 is 4.74 Å². The Morgan fingerprint density at radius 2 is 2.04 bits per heavy atom. The molecule has 3 heteroatoms. The number of methoxy groups -OCH3 is 1. The summed E-state index contributed by atoms with van der Waals surface area (Å²) < 4.78 is 5.19. The van der Waals surface area contributed by atoms with Gasteiger partial charge in [0.05, 0.1) is 18.8 Å². The van der Waals surface area contributed by atoms with Gasteiger partial charge in [-0.05, 0) is 49.2 Å². The van der Waals surface area contributed by atoms with E-state index in [2.05, 4.69) is 46.3 Å². The number of pyridine rings is 1. The van der Waals surface area contributed by atoms with E-state index in [-0.39, 0.29) is 0 Å². The van der Waals surface area contributed by atoms with Gasteiger partial charge in [0.15, 0.2) is 0 Å². The molecule has 1 aliphatic heterocycles. The highest BCUT2D eigenvalue weighted by Crippen LogP contribution is 2.29. The molecule has 3 rings (SSSR count). The van der Waals surface area contributed by atoms with E-state index in [0.717, 1.165) is 18.8 Å². The number of hydrogen-bond donors (Lipinski definition) is 0. The van der Waals surface area contributed by atoms with Crippen LogP contribution in [0.2, 0.25) is 0 Å². The summed E-state index contributed by atoms with van der Waals surface area (Å²) in [4.78, 5) is 7.09. The number of likely N-dealkylation sites (tertiary alicyclic amines) is 1. The van der Waals surface area contributed by atoms with Crippen molar-refractivity contribution in [3.63, 3.8) is 0 Å². The Balaban J connectivity index is 1.63. The van der Waals surface area contributed by atoms with Crippen LogP contribution in [0.5, 0.6) is 5.75 Å². The molecule has 1 saturated heterocycles. The fourth-order valence-electron chi connectivity index (χ4n) is 3.16. The molecule has 2 heterocycles. The normalized spacial score (nSPS) is 19.1. The van der Waals surface area contributed by atoms with Crippen LogP contribution >= 0.6 is 0 Å². The summed E-state index contributed by atoms with van der Waals surface area (Å²) in [6, 6.07) is 14.8. The summed E-state index contributed by atoms with van der Waals surface area (Å²) >= 11 is 0. The first kappa shape index (κ1) is 15.8. The summed E-state index contributed by atoms with van der Waals surface area (Å²) in [6.45, 7) is 2.11. The number of ether oxygens (including phenoxy) is 1. The van der Waals surface area contributed by atoms with E-state index in [9.17, 15) is 0 Å². The van der Waals surface area contributed by atoms with Crippen LogP contribution in [0, 0.1) is 0 Å². The number of nitrogens with zero attached hydrogens (tertiary/aromatic N) is 2. The maximum atomic E-state index is 5.19. The number of hydrogen-bond acceptors (Lipinski definition) is 3. The zero-order valence-electron chi connectivity index (χ0n) is 13.7. The summed E-state index contributed by atoms with van der Waals surface area (Å²) in [6.07, 6.45) is 10.1. The zero-order valence-corrected chi connectivity index (χ0v) is 13.7. The van der Waals surface area contributed by atoms with Crippen molar-refractivity contribution in [3.8, 4) is 5.75 Å². The second kappa shape index (κ2) is 7.93. The van der Waals surface area contributed by atoms with E-state index < -0.39 is 0 Å². The molecule has 1 aromatic carbocycles. The van der Waals surface area contributed by atoms with E-state index >= 15 is 0 Å². The van der Waals surface area contributed by atoms with E-state index in [1.165, 1.54) is 30.5 Å². The highest BCUT2D eigenvalue weighted by atomic mass is 16.5. The molecule has 0 aliphatic carbocycles. The average molecular weight is 308 g/mol. The van der Waals surface area contributed by atoms with Gasteiger partial charge in [0.1, 0.15) is 5.75 Å². The van der Waals surface area contributed by atoms with Gasteiger partial charge in [-0.2, -0.15) is 0 Å². The van der Waals surface area contributed by atoms with Crippen molar-refractivity contribution < 1.29 is 4.74 Å². The third-order valence-electron chi connectivity index (χ3n) is 4.41. The molecule has 120 valence electrons. The Kier molecular flexibility index (Phi) is 5.43. The van der Waals surface area contributed by atoms with Crippen molar-refractivity contribution in [1.29, 1.82) is 0 Å². The molecule has 1 atom stereocenters. The smallest absolute Gasteiger partial charge is 0.118 e. The molecule has 0 radical (unpaired) electrons. The molecule has 1 fully saturated rings. The van der Waals surface area contributed by atoms with Crippen LogP contribution in [-0.4, -0.2) is 30.1 Å². The molecular formula is C20H24N2O. The van der Waals surface area contributed by atoms with Crippen LogP contribution in [0.1, 0.15) is 36.6 Å². The van der Waals surface area contributed by atoms with E-state index in [4.69, 9.17) is 4.74 Å². The third kappa shape index (κ3) is 4.20. The largest absolute Gasteiger partial charge is 0.497 e. The van der Waals surface area contributed by atoms with Crippen molar-refractivity contribution >= 4 is 6.08 Å². The molecule has 1 aromatic heterocycles. The fraction of sp³-hybridized carbons (Fsp3) is 0.350. The topological polar surface area (TPSA) is 25.4 Å². The Morgan fingerprint density at radius 3 is 2.78 bits per heavy atom. The Morgan fingerprint density at radius 1 is 1.17 bits per heavy atom. The Labute approximate surface area is 138 Å². The summed E-state index contributed by atoms with van der Waals surface area (Å²) in [5, 5.41) is 0. The number of aromatic nitrogens is 1. The molecule has 0 unspecified atom stereocenters. The highest BCUT2D eigenvalue weighted by molar-refractivity contribution is 5.50. The van der Waals surface area contributed by atoms with Crippen molar-refractivity contribution in [1.82, 2.24) is 9.88 Å². The molecule has 2 aromatic rings. The van der Waals surface area contributed by atoms with Crippen molar-refractivity contribution in [2.75, 3.05) is 20.2 Å². The second-order valence-corrected chi connectivity index (χ2v) is 5.94. The summed E-state index contributed by atoms with van der Waals surface area (Å²) in [5.41, 5.74) is 2.40. The predicted molar refractivity (Wildman–Crippen MR) is 94.4 cm³/mol. The first-order chi connectivity index (χ1) is 11.4. The summed E-state index contributed by atoms with van der Waals surface area (Å²) in [5.74, 6) is 0.897. The maximum absolute atomic E-state index is 5.19. The molecule has 0 saturated carbocycles.